The summed E-state index contributed by atoms with van der Waals surface area (Å²) in [6.07, 6.45) is 8.14. The predicted molar refractivity (Wildman–Crippen MR) is 80.9 cm³/mol. The number of rotatable bonds is 7. The van der Waals surface area contributed by atoms with Gasteiger partial charge in [0.25, 0.3) is 0 Å². The van der Waals surface area contributed by atoms with E-state index in [0.717, 1.165) is 25.6 Å². The van der Waals surface area contributed by atoms with Crippen LogP contribution in [0.1, 0.15) is 51.9 Å². The molecule has 1 saturated heterocycles. The summed E-state index contributed by atoms with van der Waals surface area (Å²) in [7, 11) is 0. The molecule has 2 unspecified atom stereocenters. The Kier molecular flexibility index (Phi) is 6.30. The van der Waals surface area contributed by atoms with Gasteiger partial charge in [-0.3, -0.25) is 9.69 Å². The zero-order valence-corrected chi connectivity index (χ0v) is 12.9. The van der Waals surface area contributed by atoms with Gasteiger partial charge in [-0.15, -0.1) is 0 Å². The number of carboxylic acids is 1. The smallest absolute Gasteiger partial charge is 0.304 e. The van der Waals surface area contributed by atoms with Gasteiger partial charge >= 0.3 is 5.97 Å². The minimum atomic E-state index is -0.667. The number of carboxylic acid groups (broad SMARTS) is 1. The highest BCUT2D eigenvalue weighted by Crippen LogP contribution is 2.28. The van der Waals surface area contributed by atoms with Crippen LogP contribution in [-0.2, 0) is 4.79 Å². The van der Waals surface area contributed by atoms with Crippen molar-refractivity contribution in [1.29, 1.82) is 0 Å². The molecule has 0 aromatic carbocycles. The van der Waals surface area contributed by atoms with Crippen molar-refractivity contribution in [2.45, 2.75) is 57.9 Å². The molecule has 2 rings (SSSR count). The van der Waals surface area contributed by atoms with Gasteiger partial charge in [0.1, 0.15) is 0 Å². The van der Waals surface area contributed by atoms with Crippen LogP contribution >= 0.6 is 0 Å². The van der Waals surface area contributed by atoms with Crippen molar-refractivity contribution in [1.82, 2.24) is 9.80 Å². The number of nitrogens with zero attached hydrogens (tertiary/aromatic N) is 2. The van der Waals surface area contributed by atoms with Crippen LogP contribution in [0.25, 0.3) is 0 Å². The summed E-state index contributed by atoms with van der Waals surface area (Å²) < 4.78 is 0. The first-order valence-electron chi connectivity index (χ1n) is 8.35. The first-order valence-corrected chi connectivity index (χ1v) is 8.35. The van der Waals surface area contributed by atoms with Crippen LogP contribution in [0, 0.1) is 5.92 Å². The predicted octanol–water partition coefficient (Wildman–Crippen LogP) is 2.44. The number of hydrogen-bond donors (Lipinski definition) is 1. The van der Waals surface area contributed by atoms with Crippen LogP contribution in [-0.4, -0.2) is 59.6 Å². The van der Waals surface area contributed by atoms with Gasteiger partial charge < -0.3 is 10.0 Å². The maximum Gasteiger partial charge on any atom is 0.304 e. The summed E-state index contributed by atoms with van der Waals surface area (Å²) in [5.41, 5.74) is 0. The summed E-state index contributed by atoms with van der Waals surface area (Å²) in [6, 6.07) is 0.603. The Morgan fingerprint density at radius 2 is 1.85 bits per heavy atom. The fraction of sp³-hybridized carbons (Fsp3) is 0.938. The lowest BCUT2D eigenvalue weighted by Gasteiger charge is -2.39. The van der Waals surface area contributed by atoms with Gasteiger partial charge in [-0.25, -0.2) is 0 Å². The van der Waals surface area contributed by atoms with Crippen molar-refractivity contribution in [3.63, 3.8) is 0 Å². The number of hydrogen-bond acceptors (Lipinski definition) is 3. The molecule has 2 fully saturated rings. The third kappa shape index (κ3) is 4.74. The van der Waals surface area contributed by atoms with E-state index in [1.807, 2.05) is 0 Å². The third-order valence-electron chi connectivity index (χ3n) is 5.05. The molecule has 1 N–H and O–H groups in total. The van der Waals surface area contributed by atoms with Crippen molar-refractivity contribution >= 4 is 5.97 Å². The van der Waals surface area contributed by atoms with Gasteiger partial charge in [-0.05, 0) is 44.7 Å². The average Bonchev–Trinajstić information content (AvgIpc) is 2.93. The highest BCUT2D eigenvalue weighted by molar-refractivity contribution is 5.66. The molecule has 0 amide bonds. The molecule has 2 atom stereocenters. The fourth-order valence-electron chi connectivity index (χ4n) is 3.80. The summed E-state index contributed by atoms with van der Waals surface area (Å²) in [5.74, 6) is 0.0516. The SMILES string of the molecule is CC1CCCCC1N(CCC(=O)O)CCN1CCCC1. The van der Waals surface area contributed by atoms with Crippen molar-refractivity contribution in [2.75, 3.05) is 32.7 Å². The van der Waals surface area contributed by atoms with E-state index in [4.69, 9.17) is 5.11 Å². The Morgan fingerprint density at radius 3 is 2.50 bits per heavy atom. The van der Waals surface area contributed by atoms with Gasteiger partial charge in [0.05, 0.1) is 6.42 Å². The van der Waals surface area contributed by atoms with Crippen LogP contribution < -0.4 is 0 Å². The maximum atomic E-state index is 10.9. The Hall–Kier alpha value is -0.610. The van der Waals surface area contributed by atoms with Crippen molar-refractivity contribution in [3.05, 3.63) is 0 Å². The highest BCUT2D eigenvalue weighted by Gasteiger charge is 2.27. The van der Waals surface area contributed by atoms with Crippen LogP contribution in [0.4, 0.5) is 0 Å². The molecule has 0 radical (unpaired) electrons. The maximum absolute atomic E-state index is 10.9. The van der Waals surface area contributed by atoms with Crippen molar-refractivity contribution in [2.24, 2.45) is 5.92 Å². The minimum Gasteiger partial charge on any atom is -0.481 e. The number of aliphatic carboxylic acids is 1. The van der Waals surface area contributed by atoms with E-state index < -0.39 is 5.97 Å². The van der Waals surface area contributed by atoms with Crippen LogP contribution in [0.15, 0.2) is 0 Å². The second-order valence-electron chi connectivity index (χ2n) is 6.56. The van der Waals surface area contributed by atoms with Gasteiger partial charge in [-0.2, -0.15) is 0 Å². The molecular weight excluding hydrogens is 252 g/mol. The summed E-state index contributed by atoms with van der Waals surface area (Å²) in [4.78, 5) is 15.9. The molecule has 1 heterocycles. The molecule has 2 aliphatic rings. The molecule has 20 heavy (non-hydrogen) atoms. The summed E-state index contributed by atoms with van der Waals surface area (Å²) in [6.45, 7) is 7.68. The quantitative estimate of drug-likeness (QED) is 0.779. The lowest BCUT2D eigenvalue weighted by Crippen LogP contribution is -2.45. The second-order valence-corrected chi connectivity index (χ2v) is 6.56. The van der Waals surface area contributed by atoms with Gasteiger partial charge in [0.2, 0.25) is 0 Å². The third-order valence-corrected chi connectivity index (χ3v) is 5.05. The van der Waals surface area contributed by atoms with E-state index in [0.29, 0.717) is 6.04 Å². The first kappa shape index (κ1) is 15.8. The summed E-state index contributed by atoms with van der Waals surface area (Å²) >= 11 is 0. The topological polar surface area (TPSA) is 43.8 Å². The monoisotopic (exact) mass is 282 g/mol. The Morgan fingerprint density at radius 1 is 1.15 bits per heavy atom. The van der Waals surface area contributed by atoms with E-state index in [1.54, 1.807) is 0 Å². The van der Waals surface area contributed by atoms with Crippen molar-refractivity contribution in [3.8, 4) is 0 Å². The van der Waals surface area contributed by atoms with Crippen LogP contribution in [0.5, 0.6) is 0 Å². The lowest BCUT2D eigenvalue weighted by atomic mass is 9.84. The zero-order valence-electron chi connectivity index (χ0n) is 12.9. The minimum absolute atomic E-state index is 0.281. The van der Waals surface area contributed by atoms with E-state index in [9.17, 15) is 4.79 Å². The zero-order chi connectivity index (χ0) is 14.4. The van der Waals surface area contributed by atoms with Crippen LogP contribution in [0.3, 0.4) is 0 Å². The van der Waals surface area contributed by atoms with E-state index >= 15 is 0 Å². The molecule has 1 saturated carbocycles. The van der Waals surface area contributed by atoms with E-state index in [2.05, 4.69) is 16.7 Å². The van der Waals surface area contributed by atoms with Gasteiger partial charge in [0.15, 0.2) is 0 Å². The molecule has 1 aliphatic heterocycles. The molecule has 0 spiro atoms. The Balaban J connectivity index is 1.86. The van der Waals surface area contributed by atoms with E-state index in [1.165, 1.54) is 51.6 Å². The average molecular weight is 282 g/mol. The summed E-state index contributed by atoms with van der Waals surface area (Å²) in [5, 5.41) is 8.97. The normalized spacial score (nSPS) is 28.1. The number of carbonyl (C=O) groups is 1. The first-order chi connectivity index (χ1) is 9.66. The standard InChI is InChI=1S/C16H30N2O2/c1-14-6-2-3-7-15(14)18(11-8-16(19)20)13-12-17-9-4-5-10-17/h14-15H,2-13H2,1H3,(H,19,20). The highest BCUT2D eigenvalue weighted by atomic mass is 16.4. The fourth-order valence-corrected chi connectivity index (χ4v) is 3.80. The van der Waals surface area contributed by atoms with Gasteiger partial charge in [0, 0.05) is 25.7 Å². The largest absolute Gasteiger partial charge is 0.481 e. The molecule has 4 nitrogen and oxygen atoms in total. The Labute approximate surface area is 123 Å². The molecule has 0 aromatic rings. The molecule has 4 heteroatoms. The van der Waals surface area contributed by atoms with E-state index in [-0.39, 0.29) is 6.42 Å². The van der Waals surface area contributed by atoms with Gasteiger partial charge in [-0.1, -0.05) is 19.8 Å². The molecule has 116 valence electrons. The molecular formula is C16H30N2O2. The molecule has 1 aliphatic carbocycles. The van der Waals surface area contributed by atoms with Crippen LogP contribution in [0.2, 0.25) is 0 Å². The second kappa shape index (κ2) is 7.99. The number of likely N-dealkylation sites (tertiary alicyclic amines) is 1. The Bertz CT molecular complexity index is 303. The molecule has 0 aromatic heterocycles. The lowest BCUT2D eigenvalue weighted by molar-refractivity contribution is -0.137. The molecule has 0 bridgehead atoms. The van der Waals surface area contributed by atoms with Crippen molar-refractivity contribution < 1.29 is 9.90 Å².